The van der Waals surface area contributed by atoms with Gasteiger partial charge in [-0.05, 0) is 38.0 Å². The Bertz CT molecular complexity index is 2170. The minimum absolute atomic E-state index is 0.0181. The summed E-state index contributed by atoms with van der Waals surface area (Å²) in [5.74, 6) is -1.80. The van der Waals surface area contributed by atoms with Crippen molar-refractivity contribution in [1.29, 1.82) is 0 Å². The molecule has 4 heterocycles. The zero-order valence-corrected chi connectivity index (χ0v) is 30.0. The number of carbonyl (C=O) groups is 2. The fourth-order valence-corrected chi connectivity index (χ4v) is 6.45. The molecule has 1 aromatic carbocycles. The highest BCUT2D eigenvalue weighted by molar-refractivity contribution is 6.33. The molecule has 284 valence electrons. The van der Waals surface area contributed by atoms with E-state index in [2.05, 4.69) is 25.0 Å². The number of anilines is 3. The predicted octanol–water partition coefficient (Wildman–Crippen LogP) is 5.07. The standard InChI is InChI=1S/C34H36ClF5N8O5/c1-6-19-15-46(10-11-47(19)32(52)25-28(50)17(3)13-42-31(25)53-33(36)37)27-22(7-2)48(30-26(29(27)51)44-23(14-41-30)45(4)5)16-24(49)43-21-9-8-18(12-20(21)35)34(38,39)40/h8-9,12-14,19,33H,6-7,10-11,15-16H2,1-5H3,(H,42,50)(H,43,49). The van der Waals surface area contributed by atoms with Gasteiger partial charge in [0.05, 0.1) is 22.5 Å². The highest BCUT2D eigenvalue weighted by Crippen LogP contribution is 2.34. The van der Waals surface area contributed by atoms with Gasteiger partial charge in [-0.3, -0.25) is 19.2 Å². The maximum absolute atomic E-state index is 14.3. The third-order valence-electron chi connectivity index (χ3n) is 8.87. The molecular formula is C34H36ClF5N8O5. The summed E-state index contributed by atoms with van der Waals surface area (Å²) in [6, 6.07) is 1.93. The molecule has 1 unspecified atom stereocenters. The Hall–Kier alpha value is -5.26. The lowest BCUT2D eigenvalue weighted by Gasteiger charge is -2.42. The van der Waals surface area contributed by atoms with Crippen LogP contribution < -0.4 is 30.7 Å². The Balaban J connectivity index is 1.55. The van der Waals surface area contributed by atoms with E-state index in [-0.39, 0.29) is 59.2 Å². The number of aryl methyl sites for hydroxylation is 1. The number of piperazine rings is 1. The van der Waals surface area contributed by atoms with Gasteiger partial charge in [0.25, 0.3) is 5.91 Å². The molecule has 1 aliphatic heterocycles. The number of rotatable bonds is 10. The Labute approximate surface area is 304 Å². The number of nitrogens with zero attached hydrogens (tertiary/aromatic N) is 6. The van der Waals surface area contributed by atoms with Gasteiger partial charge in [0.15, 0.2) is 11.2 Å². The number of ether oxygens (including phenoxy) is 1. The number of carbonyl (C=O) groups excluding carboxylic acids is 2. The molecular weight excluding hydrogens is 731 g/mol. The first-order chi connectivity index (χ1) is 25.0. The third-order valence-corrected chi connectivity index (χ3v) is 9.19. The minimum atomic E-state index is -4.64. The molecule has 19 heteroatoms. The molecule has 4 aromatic rings. The molecule has 0 spiro atoms. The Kier molecular flexibility index (Phi) is 11.3. The number of benzene rings is 1. The van der Waals surface area contributed by atoms with Crippen LogP contribution in [-0.2, 0) is 23.9 Å². The van der Waals surface area contributed by atoms with Gasteiger partial charge in [0.2, 0.25) is 22.6 Å². The van der Waals surface area contributed by atoms with Crippen LogP contribution in [0.5, 0.6) is 5.88 Å². The summed E-state index contributed by atoms with van der Waals surface area (Å²) in [5.41, 5.74) is -2.15. The van der Waals surface area contributed by atoms with Gasteiger partial charge in [0, 0.05) is 57.2 Å². The monoisotopic (exact) mass is 766 g/mol. The Morgan fingerprint density at radius 1 is 1.15 bits per heavy atom. The van der Waals surface area contributed by atoms with E-state index in [1.807, 2.05) is 0 Å². The number of nitrogens with one attached hydrogen (secondary N) is 2. The number of H-pyrrole nitrogens is 1. The SMILES string of the molecule is CCc1c(N2CCN(C(=O)c3c(OC(F)F)[nH]cc(C)c3=O)C(CC)C2)c(=O)c2nc(N(C)C)cnc2n1CC(=O)Nc1ccc(C(F)(F)F)cc1Cl. The molecule has 3 aromatic heterocycles. The average molecular weight is 767 g/mol. The van der Waals surface area contributed by atoms with Crippen molar-refractivity contribution in [2.75, 3.05) is 48.8 Å². The van der Waals surface area contributed by atoms with Crippen LogP contribution in [0.2, 0.25) is 5.02 Å². The van der Waals surface area contributed by atoms with Crippen molar-refractivity contribution >= 4 is 51.8 Å². The first-order valence-corrected chi connectivity index (χ1v) is 16.8. The second-order valence-corrected chi connectivity index (χ2v) is 12.9. The van der Waals surface area contributed by atoms with E-state index < -0.39 is 65.1 Å². The van der Waals surface area contributed by atoms with Crippen LogP contribution in [0, 0.1) is 6.92 Å². The fourth-order valence-electron chi connectivity index (χ4n) is 6.23. The van der Waals surface area contributed by atoms with Crippen LogP contribution in [-0.4, -0.2) is 82.6 Å². The molecule has 1 saturated heterocycles. The molecule has 5 rings (SSSR count). The number of pyridine rings is 2. The lowest BCUT2D eigenvalue weighted by Crippen LogP contribution is -2.56. The summed E-state index contributed by atoms with van der Waals surface area (Å²) in [6.45, 7) is 1.38. The molecule has 13 nitrogen and oxygen atoms in total. The van der Waals surface area contributed by atoms with Gasteiger partial charge < -0.3 is 34.3 Å². The lowest BCUT2D eigenvalue weighted by molar-refractivity contribution is -0.137. The molecule has 1 aliphatic rings. The van der Waals surface area contributed by atoms with Crippen LogP contribution in [0.15, 0.2) is 40.2 Å². The molecule has 0 aliphatic carbocycles. The molecule has 53 heavy (non-hydrogen) atoms. The van der Waals surface area contributed by atoms with Gasteiger partial charge in [-0.2, -0.15) is 22.0 Å². The molecule has 1 atom stereocenters. The number of halogens is 6. The topological polar surface area (TPSA) is 146 Å². The van der Waals surface area contributed by atoms with Crippen LogP contribution in [0.25, 0.3) is 11.2 Å². The normalized spacial score (nSPS) is 14.9. The van der Waals surface area contributed by atoms with Crippen LogP contribution in [0.1, 0.15) is 47.4 Å². The van der Waals surface area contributed by atoms with Crippen molar-refractivity contribution in [3.63, 3.8) is 0 Å². The van der Waals surface area contributed by atoms with Gasteiger partial charge in [-0.15, -0.1) is 0 Å². The molecule has 2 N–H and O–H groups in total. The highest BCUT2D eigenvalue weighted by atomic mass is 35.5. The van der Waals surface area contributed by atoms with Crippen molar-refractivity contribution in [1.82, 2.24) is 24.4 Å². The Morgan fingerprint density at radius 3 is 2.47 bits per heavy atom. The first-order valence-electron chi connectivity index (χ1n) is 16.5. The number of alkyl halides is 5. The maximum Gasteiger partial charge on any atom is 0.416 e. The zero-order chi connectivity index (χ0) is 38.9. The summed E-state index contributed by atoms with van der Waals surface area (Å²) in [4.78, 5) is 70.9. The van der Waals surface area contributed by atoms with E-state index >= 15 is 0 Å². The summed E-state index contributed by atoms with van der Waals surface area (Å²) in [7, 11) is 3.41. The molecule has 2 amide bonds. The summed E-state index contributed by atoms with van der Waals surface area (Å²) >= 11 is 6.09. The predicted molar refractivity (Wildman–Crippen MR) is 188 cm³/mol. The second kappa shape index (κ2) is 15.4. The number of fused-ring (bicyclic) bond motifs is 1. The molecule has 1 fully saturated rings. The van der Waals surface area contributed by atoms with Gasteiger partial charge >= 0.3 is 12.8 Å². The Morgan fingerprint density at radius 2 is 1.87 bits per heavy atom. The number of hydrogen-bond donors (Lipinski definition) is 2. The number of aromatic amines is 1. The summed E-state index contributed by atoms with van der Waals surface area (Å²) in [6.07, 6.45) is -1.47. The molecule has 0 radical (unpaired) electrons. The van der Waals surface area contributed by atoms with Crippen molar-refractivity contribution < 1.29 is 36.3 Å². The van der Waals surface area contributed by atoms with Crippen LogP contribution in [0.4, 0.5) is 39.1 Å². The second-order valence-electron chi connectivity index (χ2n) is 12.5. The maximum atomic E-state index is 14.3. The summed E-state index contributed by atoms with van der Waals surface area (Å²) < 4.78 is 72.0. The average Bonchev–Trinajstić information content (AvgIpc) is 3.10. The van der Waals surface area contributed by atoms with Crippen LogP contribution >= 0.6 is 11.6 Å². The molecule has 0 bridgehead atoms. The quantitative estimate of drug-likeness (QED) is 0.212. The van der Waals surface area contributed by atoms with E-state index in [4.69, 9.17) is 11.6 Å². The summed E-state index contributed by atoms with van der Waals surface area (Å²) in [5, 5.41) is 2.20. The number of hydrogen-bond acceptors (Lipinski definition) is 9. The van der Waals surface area contributed by atoms with Gasteiger partial charge in [-0.1, -0.05) is 25.4 Å². The van der Waals surface area contributed by atoms with Crippen molar-refractivity contribution in [2.24, 2.45) is 0 Å². The minimum Gasteiger partial charge on any atom is -0.418 e. The van der Waals surface area contributed by atoms with Crippen molar-refractivity contribution in [3.05, 3.63) is 78.4 Å². The van der Waals surface area contributed by atoms with E-state index in [0.717, 1.165) is 12.1 Å². The third kappa shape index (κ3) is 7.91. The van der Waals surface area contributed by atoms with Crippen molar-refractivity contribution in [3.8, 4) is 5.88 Å². The molecule has 0 saturated carbocycles. The van der Waals surface area contributed by atoms with Crippen LogP contribution in [0.3, 0.4) is 0 Å². The fraction of sp³-hybridized carbons (Fsp3) is 0.412. The number of aromatic nitrogens is 4. The van der Waals surface area contributed by atoms with Gasteiger partial charge in [0.1, 0.15) is 23.6 Å². The smallest absolute Gasteiger partial charge is 0.416 e. The van der Waals surface area contributed by atoms with Gasteiger partial charge in [-0.25, -0.2) is 9.97 Å². The van der Waals surface area contributed by atoms with Crippen molar-refractivity contribution in [2.45, 2.75) is 59.0 Å². The number of amides is 2. The van der Waals surface area contributed by atoms with E-state index in [9.17, 15) is 41.1 Å². The highest BCUT2D eigenvalue weighted by Gasteiger charge is 2.36. The van der Waals surface area contributed by atoms with E-state index in [1.165, 1.54) is 28.8 Å². The van der Waals surface area contributed by atoms with E-state index in [1.54, 1.807) is 37.7 Å². The lowest BCUT2D eigenvalue weighted by atomic mass is 10.0. The van der Waals surface area contributed by atoms with E-state index in [0.29, 0.717) is 24.0 Å². The zero-order valence-electron chi connectivity index (χ0n) is 29.3. The largest absolute Gasteiger partial charge is 0.418 e. The first kappa shape index (κ1) is 39.0.